The van der Waals surface area contributed by atoms with Crippen molar-refractivity contribution >= 4 is 0 Å². The SMILES string of the molecule is CCCn1c(CN)nnc1-c1c(F)cccc1F. The monoisotopic (exact) mass is 252 g/mol. The van der Waals surface area contributed by atoms with Crippen molar-refractivity contribution in [3.05, 3.63) is 35.7 Å². The molecule has 0 radical (unpaired) electrons. The van der Waals surface area contributed by atoms with Gasteiger partial charge in [0.1, 0.15) is 17.5 Å². The normalized spacial score (nSPS) is 10.9. The first-order valence-corrected chi connectivity index (χ1v) is 5.75. The largest absolute Gasteiger partial charge is 0.324 e. The summed E-state index contributed by atoms with van der Waals surface area (Å²) in [6, 6.07) is 3.72. The molecule has 1 heterocycles. The zero-order valence-corrected chi connectivity index (χ0v) is 10.0. The number of nitrogens with zero attached hydrogens (tertiary/aromatic N) is 3. The second-order valence-corrected chi connectivity index (χ2v) is 3.89. The van der Waals surface area contributed by atoms with Gasteiger partial charge in [-0.1, -0.05) is 13.0 Å². The molecule has 18 heavy (non-hydrogen) atoms. The van der Waals surface area contributed by atoms with E-state index >= 15 is 0 Å². The van der Waals surface area contributed by atoms with E-state index in [0.29, 0.717) is 12.4 Å². The van der Waals surface area contributed by atoms with Crippen LogP contribution < -0.4 is 5.73 Å². The van der Waals surface area contributed by atoms with Gasteiger partial charge in [-0.05, 0) is 18.6 Å². The zero-order valence-electron chi connectivity index (χ0n) is 10.0. The van der Waals surface area contributed by atoms with Crippen LogP contribution in [-0.2, 0) is 13.1 Å². The Morgan fingerprint density at radius 2 is 1.89 bits per heavy atom. The summed E-state index contributed by atoms with van der Waals surface area (Å²) in [6.45, 7) is 2.72. The van der Waals surface area contributed by atoms with Crippen molar-refractivity contribution in [2.75, 3.05) is 0 Å². The molecule has 0 atom stereocenters. The van der Waals surface area contributed by atoms with Gasteiger partial charge in [-0.3, -0.25) is 0 Å². The van der Waals surface area contributed by atoms with Crippen molar-refractivity contribution < 1.29 is 8.78 Å². The minimum absolute atomic E-state index is 0.154. The summed E-state index contributed by atoms with van der Waals surface area (Å²) in [5.41, 5.74) is 5.38. The van der Waals surface area contributed by atoms with E-state index in [-0.39, 0.29) is 17.9 Å². The highest BCUT2D eigenvalue weighted by Gasteiger charge is 2.19. The average Bonchev–Trinajstić information content (AvgIpc) is 2.73. The minimum Gasteiger partial charge on any atom is -0.324 e. The van der Waals surface area contributed by atoms with Crippen molar-refractivity contribution in [2.24, 2.45) is 5.73 Å². The molecule has 0 saturated carbocycles. The second-order valence-electron chi connectivity index (χ2n) is 3.89. The van der Waals surface area contributed by atoms with E-state index in [2.05, 4.69) is 10.2 Å². The number of rotatable bonds is 4. The van der Waals surface area contributed by atoms with Crippen molar-refractivity contribution in [3.8, 4) is 11.4 Å². The van der Waals surface area contributed by atoms with Crippen molar-refractivity contribution in [3.63, 3.8) is 0 Å². The first kappa shape index (κ1) is 12.6. The Labute approximate surface area is 103 Å². The van der Waals surface area contributed by atoms with Crippen molar-refractivity contribution in [2.45, 2.75) is 26.4 Å². The van der Waals surface area contributed by atoms with Gasteiger partial charge in [-0.2, -0.15) is 0 Å². The summed E-state index contributed by atoms with van der Waals surface area (Å²) in [5.74, 6) is -0.589. The van der Waals surface area contributed by atoms with E-state index in [9.17, 15) is 8.78 Å². The smallest absolute Gasteiger partial charge is 0.169 e. The quantitative estimate of drug-likeness (QED) is 0.906. The van der Waals surface area contributed by atoms with Crippen molar-refractivity contribution in [1.82, 2.24) is 14.8 Å². The number of aromatic nitrogens is 3. The van der Waals surface area contributed by atoms with Crippen LogP contribution in [0, 0.1) is 11.6 Å². The number of nitrogens with two attached hydrogens (primary N) is 1. The van der Waals surface area contributed by atoms with Crippen LogP contribution in [0.4, 0.5) is 8.78 Å². The lowest BCUT2D eigenvalue weighted by atomic mass is 10.2. The van der Waals surface area contributed by atoms with Gasteiger partial charge >= 0.3 is 0 Å². The van der Waals surface area contributed by atoms with E-state index in [1.54, 1.807) is 4.57 Å². The molecule has 0 aliphatic rings. The lowest BCUT2D eigenvalue weighted by Gasteiger charge is -2.09. The fourth-order valence-electron chi connectivity index (χ4n) is 1.84. The first-order chi connectivity index (χ1) is 8.69. The molecule has 96 valence electrons. The predicted molar refractivity (Wildman–Crippen MR) is 63.6 cm³/mol. The fraction of sp³-hybridized carbons (Fsp3) is 0.333. The molecule has 0 fully saturated rings. The van der Waals surface area contributed by atoms with Crippen LogP contribution in [-0.4, -0.2) is 14.8 Å². The third-order valence-electron chi connectivity index (χ3n) is 2.64. The van der Waals surface area contributed by atoms with Gasteiger partial charge in [0.15, 0.2) is 5.82 Å². The summed E-state index contributed by atoms with van der Waals surface area (Å²) < 4.78 is 29.1. The number of benzene rings is 1. The molecule has 0 saturated heterocycles. The molecule has 0 unspecified atom stereocenters. The van der Waals surface area contributed by atoms with Crippen LogP contribution >= 0.6 is 0 Å². The molecule has 2 aromatic rings. The molecule has 0 bridgehead atoms. The van der Waals surface area contributed by atoms with Gasteiger partial charge in [-0.25, -0.2) is 8.78 Å². The molecule has 1 aromatic heterocycles. The predicted octanol–water partition coefficient (Wildman–Crippen LogP) is 2.09. The highest BCUT2D eigenvalue weighted by atomic mass is 19.1. The Morgan fingerprint density at radius 1 is 1.22 bits per heavy atom. The number of hydrogen-bond acceptors (Lipinski definition) is 3. The summed E-state index contributed by atoms with van der Waals surface area (Å²) in [4.78, 5) is 0. The Hall–Kier alpha value is -1.82. The average molecular weight is 252 g/mol. The Balaban J connectivity index is 2.60. The highest BCUT2D eigenvalue weighted by molar-refractivity contribution is 5.57. The van der Waals surface area contributed by atoms with Crippen molar-refractivity contribution in [1.29, 1.82) is 0 Å². The van der Waals surface area contributed by atoms with Gasteiger partial charge in [0.2, 0.25) is 0 Å². The van der Waals surface area contributed by atoms with Crippen LogP contribution in [0.1, 0.15) is 19.2 Å². The second kappa shape index (κ2) is 5.22. The first-order valence-electron chi connectivity index (χ1n) is 5.75. The molecular formula is C12H14F2N4. The minimum atomic E-state index is -0.650. The van der Waals surface area contributed by atoms with E-state index in [4.69, 9.17) is 5.73 Å². The fourth-order valence-corrected chi connectivity index (χ4v) is 1.84. The molecule has 0 aliphatic heterocycles. The molecule has 0 aliphatic carbocycles. The third-order valence-corrected chi connectivity index (χ3v) is 2.64. The summed E-state index contributed by atoms with van der Waals surface area (Å²) in [7, 11) is 0. The van der Waals surface area contributed by atoms with E-state index in [1.807, 2.05) is 6.92 Å². The van der Waals surface area contributed by atoms with Crippen LogP contribution in [0.15, 0.2) is 18.2 Å². The number of hydrogen-bond donors (Lipinski definition) is 1. The molecule has 2 N–H and O–H groups in total. The standard InChI is InChI=1S/C12H14F2N4/c1-2-6-18-10(7-15)16-17-12(18)11-8(13)4-3-5-9(11)14/h3-5H,2,6-7,15H2,1H3. The van der Waals surface area contributed by atoms with Gasteiger partial charge in [0.25, 0.3) is 0 Å². The van der Waals surface area contributed by atoms with E-state index in [0.717, 1.165) is 6.42 Å². The Bertz CT molecular complexity index is 531. The maximum Gasteiger partial charge on any atom is 0.169 e. The maximum absolute atomic E-state index is 13.7. The Morgan fingerprint density at radius 3 is 2.44 bits per heavy atom. The van der Waals surface area contributed by atoms with Crippen LogP contribution in [0.2, 0.25) is 0 Å². The third kappa shape index (κ3) is 2.11. The molecule has 0 amide bonds. The van der Waals surface area contributed by atoms with Crippen LogP contribution in [0.25, 0.3) is 11.4 Å². The topological polar surface area (TPSA) is 56.7 Å². The van der Waals surface area contributed by atoms with Gasteiger partial charge in [-0.15, -0.1) is 10.2 Å². The lowest BCUT2D eigenvalue weighted by Crippen LogP contribution is -2.10. The van der Waals surface area contributed by atoms with Gasteiger partial charge < -0.3 is 10.3 Å². The molecular weight excluding hydrogens is 238 g/mol. The van der Waals surface area contributed by atoms with E-state index < -0.39 is 11.6 Å². The van der Waals surface area contributed by atoms with E-state index in [1.165, 1.54) is 18.2 Å². The summed E-state index contributed by atoms with van der Waals surface area (Å²) >= 11 is 0. The van der Waals surface area contributed by atoms with Gasteiger partial charge in [0, 0.05) is 6.54 Å². The van der Waals surface area contributed by atoms with Crippen LogP contribution in [0.3, 0.4) is 0 Å². The highest BCUT2D eigenvalue weighted by Crippen LogP contribution is 2.25. The number of halogens is 2. The molecule has 1 aromatic carbocycles. The molecule has 2 rings (SSSR count). The Kier molecular flexibility index (Phi) is 3.66. The summed E-state index contributed by atoms with van der Waals surface area (Å²) in [5, 5.41) is 7.72. The molecule has 0 spiro atoms. The maximum atomic E-state index is 13.7. The zero-order chi connectivity index (χ0) is 13.1. The molecule has 6 heteroatoms. The summed E-state index contributed by atoms with van der Waals surface area (Å²) in [6.07, 6.45) is 0.800. The molecule has 4 nitrogen and oxygen atoms in total. The van der Waals surface area contributed by atoms with Crippen LogP contribution in [0.5, 0.6) is 0 Å². The lowest BCUT2D eigenvalue weighted by molar-refractivity contribution is 0.579. The van der Waals surface area contributed by atoms with Gasteiger partial charge in [0.05, 0.1) is 12.1 Å².